The summed E-state index contributed by atoms with van der Waals surface area (Å²) in [6.07, 6.45) is 2.23. The highest BCUT2D eigenvalue weighted by Gasteiger charge is 2.27. The van der Waals surface area contributed by atoms with Crippen LogP contribution in [0.15, 0.2) is 48.7 Å². The Bertz CT molecular complexity index is 947. The van der Waals surface area contributed by atoms with Crippen molar-refractivity contribution in [3.05, 3.63) is 70.0 Å². The maximum Gasteiger partial charge on any atom is 0.390 e. The van der Waals surface area contributed by atoms with E-state index in [4.69, 9.17) is 0 Å². The normalized spacial score (nSPS) is 11.9. The highest BCUT2D eigenvalue weighted by Crippen LogP contribution is 2.20. The van der Waals surface area contributed by atoms with Gasteiger partial charge in [-0.3, -0.25) is 9.48 Å². The zero-order valence-corrected chi connectivity index (χ0v) is 15.1. The van der Waals surface area contributed by atoms with Gasteiger partial charge in [-0.15, -0.1) is 0 Å². The lowest BCUT2D eigenvalue weighted by Gasteiger charge is -2.13. The Kier molecular flexibility index (Phi) is 5.30. The van der Waals surface area contributed by atoms with Crippen LogP contribution in [-0.4, -0.2) is 30.4 Å². The average Bonchev–Trinajstić information content (AvgIpc) is 3.24. The molecule has 27 heavy (non-hydrogen) atoms. The molecule has 2 heterocycles. The van der Waals surface area contributed by atoms with Crippen LogP contribution in [0.5, 0.6) is 0 Å². The number of benzene rings is 1. The lowest BCUT2D eigenvalue weighted by molar-refractivity contribution is -0.389. The predicted molar refractivity (Wildman–Crippen MR) is 99.3 cm³/mol. The summed E-state index contributed by atoms with van der Waals surface area (Å²) in [4.78, 5) is 23.0. The van der Waals surface area contributed by atoms with Crippen molar-refractivity contribution in [3.63, 3.8) is 0 Å². The van der Waals surface area contributed by atoms with Crippen LogP contribution in [0.3, 0.4) is 0 Å². The van der Waals surface area contributed by atoms with Crippen molar-refractivity contribution >= 4 is 17.5 Å². The molecule has 2 aromatic heterocycles. The Morgan fingerprint density at radius 3 is 2.63 bits per heavy atom. The van der Waals surface area contributed by atoms with Crippen LogP contribution >= 0.6 is 0 Å². The lowest BCUT2D eigenvalue weighted by Crippen LogP contribution is -2.27. The average molecular weight is 368 g/mol. The molecule has 140 valence electrons. The number of carbonyl (C=O) groups excluding carboxylic acids is 1. The van der Waals surface area contributed by atoms with Crippen LogP contribution in [0.2, 0.25) is 0 Å². The molecular formula is C18H20N6O3. The quantitative estimate of drug-likeness (QED) is 0.509. The molecule has 0 saturated heterocycles. The highest BCUT2D eigenvalue weighted by molar-refractivity contribution is 5.92. The summed E-state index contributed by atoms with van der Waals surface area (Å²) in [5.74, 6) is -0.164. The number of nitro groups is 1. The Morgan fingerprint density at radius 1 is 1.26 bits per heavy atom. The minimum atomic E-state index is -0.655. The van der Waals surface area contributed by atoms with Crippen LogP contribution in [0.25, 0.3) is 0 Å². The van der Waals surface area contributed by atoms with Gasteiger partial charge in [0.15, 0.2) is 11.9 Å². The third-order valence-electron chi connectivity index (χ3n) is 4.16. The summed E-state index contributed by atoms with van der Waals surface area (Å²) in [6.45, 7) is 4.11. The molecule has 0 fully saturated rings. The van der Waals surface area contributed by atoms with Gasteiger partial charge in [0.25, 0.3) is 5.91 Å². The van der Waals surface area contributed by atoms with Gasteiger partial charge in [-0.25, -0.2) is 0 Å². The largest absolute Gasteiger partial charge is 0.390 e. The van der Waals surface area contributed by atoms with E-state index >= 15 is 0 Å². The van der Waals surface area contributed by atoms with E-state index in [0.29, 0.717) is 24.5 Å². The van der Waals surface area contributed by atoms with Gasteiger partial charge in [0.05, 0.1) is 23.4 Å². The first-order chi connectivity index (χ1) is 13.0. The van der Waals surface area contributed by atoms with Gasteiger partial charge >= 0.3 is 5.82 Å². The SMILES string of the molecule is CCC(C(=O)Nc1ccn(Cc2ccccc2)n1)n1nc([N+](=O)[O-])cc1C. The van der Waals surface area contributed by atoms with Crippen LogP contribution in [0.4, 0.5) is 11.6 Å². The second kappa shape index (κ2) is 7.81. The van der Waals surface area contributed by atoms with Crippen LogP contribution in [0.1, 0.15) is 30.6 Å². The van der Waals surface area contributed by atoms with Gasteiger partial charge in [0, 0.05) is 12.3 Å². The van der Waals surface area contributed by atoms with Gasteiger partial charge in [-0.2, -0.15) is 9.78 Å². The zero-order chi connectivity index (χ0) is 19.4. The molecule has 3 aromatic rings. The number of anilines is 1. The number of hydrogen-bond donors (Lipinski definition) is 1. The summed E-state index contributed by atoms with van der Waals surface area (Å²) in [5.41, 5.74) is 1.66. The lowest BCUT2D eigenvalue weighted by atomic mass is 10.2. The van der Waals surface area contributed by atoms with Gasteiger partial charge in [0.1, 0.15) is 0 Å². The molecule has 0 saturated carbocycles. The molecule has 9 heteroatoms. The molecule has 0 bridgehead atoms. The summed E-state index contributed by atoms with van der Waals surface area (Å²) in [7, 11) is 0. The molecular weight excluding hydrogens is 348 g/mol. The van der Waals surface area contributed by atoms with E-state index in [1.54, 1.807) is 23.9 Å². The van der Waals surface area contributed by atoms with Crippen molar-refractivity contribution in [3.8, 4) is 0 Å². The van der Waals surface area contributed by atoms with Gasteiger partial charge in [-0.1, -0.05) is 37.3 Å². The number of aryl methyl sites for hydroxylation is 1. The fourth-order valence-electron chi connectivity index (χ4n) is 2.84. The highest BCUT2D eigenvalue weighted by atomic mass is 16.6. The minimum absolute atomic E-state index is 0.272. The standard InChI is InChI=1S/C18H20N6O3/c1-3-15(23-13(2)11-17(21-23)24(26)27)18(25)19-16-9-10-22(20-16)12-14-7-5-4-6-8-14/h4-11,15H,3,12H2,1-2H3,(H,19,20,25). The molecule has 1 unspecified atom stereocenters. The predicted octanol–water partition coefficient (Wildman–Crippen LogP) is 2.93. The fraction of sp³-hybridized carbons (Fsp3) is 0.278. The number of nitrogens with zero attached hydrogens (tertiary/aromatic N) is 5. The second-order valence-electron chi connectivity index (χ2n) is 6.14. The molecule has 0 aliphatic heterocycles. The van der Waals surface area contributed by atoms with Crippen molar-refractivity contribution < 1.29 is 9.72 Å². The number of carbonyl (C=O) groups is 1. The summed E-state index contributed by atoms with van der Waals surface area (Å²) < 4.78 is 3.12. The van der Waals surface area contributed by atoms with Crippen molar-refractivity contribution in [2.75, 3.05) is 5.32 Å². The Morgan fingerprint density at radius 2 is 2.00 bits per heavy atom. The zero-order valence-electron chi connectivity index (χ0n) is 15.1. The maximum atomic E-state index is 12.7. The van der Waals surface area contributed by atoms with Crippen LogP contribution in [0, 0.1) is 17.0 Å². The molecule has 1 aromatic carbocycles. The number of nitrogens with one attached hydrogen (secondary N) is 1. The third kappa shape index (κ3) is 4.20. The van der Waals surface area contributed by atoms with Gasteiger partial charge < -0.3 is 15.4 Å². The molecule has 3 rings (SSSR count). The van der Waals surface area contributed by atoms with Crippen LogP contribution < -0.4 is 5.32 Å². The van der Waals surface area contributed by atoms with E-state index in [2.05, 4.69) is 15.5 Å². The molecule has 0 aliphatic rings. The van der Waals surface area contributed by atoms with E-state index in [-0.39, 0.29) is 11.7 Å². The number of aromatic nitrogens is 4. The Balaban J connectivity index is 1.71. The first-order valence-electron chi connectivity index (χ1n) is 8.56. The van der Waals surface area contributed by atoms with E-state index < -0.39 is 11.0 Å². The molecule has 1 atom stereocenters. The first-order valence-corrected chi connectivity index (χ1v) is 8.56. The van der Waals surface area contributed by atoms with Gasteiger partial charge in [-0.05, 0) is 23.8 Å². The maximum absolute atomic E-state index is 12.7. The monoisotopic (exact) mass is 368 g/mol. The molecule has 0 radical (unpaired) electrons. The van der Waals surface area contributed by atoms with E-state index in [1.807, 2.05) is 37.3 Å². The minimum Gasteiger partial charge on any atom is -0.358 e. The van der Waals surface area contributed by atoms with Gasteiger partial charge in [0.2, 0.25) is 0 Å². The van der Waals surface area contributed by atoms with Crippen LogP contribution in [-0.2, 0) is 11.3 Å². The molecule has 1 N–H and O–H groups in total. The Hall–Kier alpha value is -3.49. The molecule has 1 amide bonds. The first kappa shape index (κ1) is 18.3. The number of hydrogen-bond acceptors (Lipinski definition) is 5. The third-order valence-corrected chi connectivity index (χ3v) is 4.16. The molecule has 0 spiro atoms. The van der Waals surface area contributed by atoms with Crippen molar-refractivity contribution in [1.82, 2.24) is 19.6 Å². The number of rotatable bonds is 7. The fourth-order valence-corrected chi connectivity index (χ4v) is 2.84. The van der Waals surface area contributed by atoms with E-state index in [0.717, 1.165) is 5.56 Å². The molecule has 0 aliphatic carbocycles. The summed E-state index contributed by atoms with van der Waals surface area (Å²) >= 11 is 0. The summed E-state index contributed by atoms with van der Waals surface area (Å²) in [5, 5.41) is 22.0. The smallest absolute Gasteiger partial charge is 0.358 e. The van der Waals surface area contributed by atoms with Crippen molar-refractivity contribution in [2.24, 2.45) is 0 Å². The van der Waals surface area contributed by atoms with E-state index in [9.17, 15) is 14.9 Å². The van der Waals surface area contributed by atoms with Crippen molar-refractivity contribution in [2.45, 2.75) is 32.9 Å². The summed E-state index contributed by atoms with van der Waals surface area (Å²) in [6, 6.07) is 12.3. The molecule has 9 nitrogen and oxygen atoms in total. The Labute approximate surface area is 155 Å². The van der Waals surface area contributed by atoms with E-state index in [1.165, 1.54) is 10.7 Å². The number of amides is 1. The second-order valence-corrected chi connectivity index (χ2v) is 6.14. The van der Waals surface area contributed by atoms with Crippen molar-refractivity contribution in [1.29, 1.82) is 0 Å². The topological polar surface area (TPSA) is 108 Å².